The molecule has 4 rings (SSSR count). The van der Waals surface area contributed by atoms with Crippen LogP contribution < -0.4 is 4.74 Å². The molecule has 1 saturated heterocycles. The number of thioether (sulfide) groups is 1. The number of piperidine rings is 1. The normalized spacial score (nSPS) is 19.2. The van der Waals surface area contributed by atoms with Gasteiger partial charge in [0.25, 0.3) is 0 Å². The summed E-state index contributed by atoms with van der Waals surface area (Å²) in [6.07, 6.45) is 9.45. The number of likely N-dealkylation sites (tertiary alicyclic amines) is 1. The molecule has 0 aliphatic carbocycles. The van der Waals surface area contributed by atoms with Crippen LogP contribution in [0.4, 0.5) is 0 Å². The molecule has 1 aliphatic rings. The second-order valence-corrected chi connectivity index (χ2v) is 11.0. The third-order valence-corrected chi connectivity index (χ3v) is 8.63. The summed E-state index contributed by atoms with van der Waals surface area (Å²) in [4.78, 5) is 22.6. The minimum absolute atomic E-state index is 0.196. The molecule has 1 aliphatic heterocycles. The number of carbonyl (C=O) groups is 1. The maximum absolute atomic E-state index is 11.3. The van der Waals surface area contributed by atoms with E-state index in [1.165, 1.54) is 0 Å². The van der Waals surface area contributed by atoms with Gasteiger partial charge in [-0.05, 0) is 86.9 Å². The molecular formula is C28H38N4O4S. The van der Waals surface area contributed by atoms with Gasteiger partial charge in [0.1, 0.15) is 5.75 Å². The van der Waals surface area contributed by atoms with Gasteiger partial charge in [-0.1, -0.05) is 11.8 Å². The fourth-order valence-corrected chi connectivity index (χ4v) is 6.27. The molecule has 1 unspecified atom stereocenters. The molecule has 1 aromatic carbocycles. The Morgan fingerprint density at radius 2 is 2.08 bits per heavy atom. The Morgan fingerprint density at radius 1 is 1.22 bits per heavy atom. The molecule has 2 aromatic heterocycles. The number of nitrogens with zero attached hydrogens (tertiary/aromatic N) is 4. The number of carboxylic acid groups (broad SMARTS) is 1. The number of carboxylic acids is 1. The Kier molecular flexibility index (Phi) is 9.82. The van der Waals surface area contributed by atoms with E-state index in [2.05, 4.69) is 14.9 Å². The van der Waals surface area contributed by atoms with Crippen LogP contribution in [-0.2, 0) is 11.8 Å². The molecule has 9 heteroatoms. The lowest BCUT2D eigenvalue weighted by Gasteiger charge is -2.39. The van der Waals surface area contributed by atoms with E-state index in [4.69, 9.17) is 4.74 Å². The van der Waals surface area contributed by atoms with Gasteiger partial charge in [-0.25, -0.2) is 4.98 Å². The van der Waals surface area contributed by atoms with Crippen LogP contribution in [-0.4, -0.2) is 68.1 Å². The van der Waals surface area contributed by atoms with Crippen molar-refractivity contribution in [3.63, 3.8) is 0 Å². The van der Waals surface area contributed by atoms with Gasteiger partial charge in [-0.3, -0.25) is 9.78 Å². The molecule has 0 amide bonds. The number of ether oxygens (including phenoxy) is 1. The Balaban J connectivity index is 1.32. The number of imidazole rings is 1. The Morgan fingerprint density at radius 3 is 2.84 bits per heavy atom. The highest BCUT2D eigenvalue weighted by Gasteiger charge is 2.30. The highest BCUT2D eigenvalue weighted by molar-refractivity contribution is 7.99. The molecule has 0 spiro atoms. The standard InChI is InChI=1S/C28H38N4O4S/c1-31-16-13-30-28(31)37-17-3-14-32-15-11-20(21(19-32)5-9-27(34)35)4-8-26(33)23-10-12-29-25-7-6-22(36-2)18-24(23)25/h6-7,10,12-13,16,18,20-21,26,33H,3-5,8-9,11,14-15,17,19H2,1-2H3,(H,34,35)/t20-,21+,26?/m1/s1. The van der Waals surface area contributed by atoms with E-state index in [0.29, 0.717) is 24.7 Å². The van der Waals surface area contributed by atoms with Crippen molar-refractivity contribution in [1.29, 1.82) is 0 Å². The van der Waals surface area contributed by atoms with Gasteiger partial charge < -0.3 is 24.4 Å². The largest absolute Gasteiger partial charge is 0.497 e. The number of fused-ring (bicyclic) bond motifs is 1. The number of aliphatic hydroxyl groups excluding tert-OH is 1. The number of methoxy groups -OCH3 is 1. The van der Waals surface area contributed by atoms with Gasteiger partial charge in [0.05, 0.1) is 18.7 Å². The van der Waals surface area contributed by atoms with Crippen molar-refractivity contribution < 1.29 is 19.7 Å². The van der Waals surface area contributed by atoms with Crippen molar-refractivity contribution in [1.82, 2.24) is 19.4 Å². The van der Waals surface area contributed by atoms with Crippen molar-refractivity contribution in [2.45, 2.75) is 49.8 Å². The van der Waals surface area contributed by atoms with Gasteiger partial charge >= 0.3 is 5.97 Å². The smallest absolute Gasteiger partial charge is 0.303 e. The molecule has 8 nitrogen and oxygen atoms in total. The maximum Gasteiger partial charge on any atom is 0.303 e. The maximum atomic E-state index is 11.3. The van der Waals surface area contributed by atoms with Crippen molar-refractivity contribution >= 4 is 28.6 Å². The molecular weight excluding hydrogens is 488 g/mol. The minimum atomic E-state index is -0.737. The van der Waals surface area contributed by atoms with Crippen LogP contribution in [0.3, 0.4) is 0 Å². The zero-order chi connectivity index (χ0) is 26.2. The summed E-state index contributed by atoms with van der Waals surface area (Å²) in [6.45, 7) is 2.96. The summed E-state index contributed by atoms with van der Waals surface area (Å²) in [5.74, 6) is 1.76. The van der Waals surface area contributed by atoms with Gasteiger partial charge in [0.15, 0.2) is 5.16 Å². The van der Waals surface area contributed by atoms with Gasteiger partial charge in [-0.15, -0.1) is 0 Å². The topological polar surface area (TPSA) is 101 Å². The number of aryl methyl sites for hydroxylation is 1. The first-order chi connectivity index (χ1) is 17.9. The lowest BCUT2D eigenvalue weighted by Crippen LogP contribution is -2.41. The summed E-state index contributed by atoms with van der Waals surface area (Å²) in [5.41, 5.74) is 1.71. The predicted octanol–water partition coefficient (Wildman–Crippen LogP) is 4.78. The van der Waals surface area contributed by atoms with E-state index < -0.39 is 12.1 Å². The molecule has 0 saturated carbocycles. The van der Waals surface area contributed by atoms with Gasteiger partial charge in [0.2, 0.25) is 0 Å². The minimum Gasteiger partial charge on any atom is -0.497 e. The molecule has 0 radical (unpaired) electrons. The number of aliphatic carboxylic acids is 1. The fraction of sp³-hybridized carbons (Fsp3) is 0.536. The van der Waals surface area contributed by atoms with Crippen molar-refractivity contribution in [3.8, 4) is 5.75 Å². The van der Waals surface area contributed by atoms with Crippen LogP contribution in [0.15, 0.2) is 48.0 Å². The SMILES string of the molecule is COc1ccc2nccc(C(O)CC[C@@H]3CCN(CCCSc4nccn4C)C[C@@H]3CCC(=O)O)c2c1. The van der Waals surface area contributed by atoms with E-state index in [1.807, 2.05) is 48.3 Å². The molecule has 3 heterocycles. The van der Waals surface area contributed by atoms with Crippen LogP contribution >= 0.6 is 11.8 Å². The van der Waals surface area contributed by atoms with Crippen molar-refractivity contribution in [2.24, 2.45) is 18.9 Å². The number of rotatable bonds is 13. The monoisotopic (exact) mass is 526 g/mol. The zero-order valence-corrected chi connectivity index (χ0v) is 22.6. The zero-order valence-electron chi connectivity index (χ0n) is 21.8. The molecule has 3 aromatic rings. The predicted molar refractivity (Wildman–Crippen MR) is 146 cm³/mol. The number of hydrogen-bond acceptors (Lipinski definition) is 7. The summed E-state index contributed by atoms with van der Waals surface area (Å²) in [6, 6.07) is 7.61. The van der Waals surface area contributed by atoms with E-state index in [1.54, 1.807) is 25.1 Å². The van der Waals surface area contributed by atoms with E-state index in [9.17, 15) is 15.0 Å². The Labute approximate surface area is 223 Å². The molecule has 1 fully saturated rings. The number of aliphatic hydroxyl groups is 1. The third kappa shape index (κ3) is 7.46. The average molecular weight is 527 g/mol. The first kappa shape index (κ1) is 27.4. The Bertz CT molecular complexity index is 1170. The third-order valence-electron chi connectivity index (χ3n) is 7.48. The average Bonchev–Trinajstić information content (AvgIpc) is 3.32. The Hall–Kier alpha value is -2.62. The molecule has 200 valence electrons. The number of hydrogen-bond donors (Lipinski definition) is 2. The van der Waals surface area contributed by atoms with Crippen molar-refractivity contribution in [2.75, 3.05) is 32.5 Å². The van der Waals surface area contributed by atoms with E-state index >= 15 is 0 Å². The van der Waals surface area contributed by atoms with Gasteiger partial charge in [-0.2, -0.15) is 0 Å². The molecule has 37 heavy (non-hydrogen) atoms. The number of benzene rings is 1. The quantitative estimate of drug-likeness (QED) is 0.243. The van der Waals surface area contributed by atoms with Gasteiger partial charge in [0, 0.05) is 49.7 Å². The highest BCUT2D eigenvalue weighted by atomic mass is 32.2. The number of pyridine rings is 1. The lowest BCUT2D eigenvalue weighted by atomic mass is 9.79. The summed E-state index contributed by atoms with van der Waals surface area (Å²) in [7, 11) is 3.65. The second-order valence-electron chi connectivity index (χ2n) is 9.94. The van der Waals surface area contributed by atoms with Crippen LogP contribution in [0.1, 0.15) is 50.2 Å². The fourth-order valence-electron chi connectivity index (χ4n) is 5.41. The molecule has 3 atom stereocenters. The van der Waals surface area contributed by atoms with E-state index in [0.717, 1.165) is 72.0 Å². The molecule has 0 bridgehead atoms. The molecule has 2 N–H and O–H groups in total. The van der Waals surface area contributed by atoms with Crippen LogP contribution in [0.5, 0.6) is 5.75 Å². The first-order valence-electron chi connectivity index (χ1n) is 13.1. The number of aromatic nitrogens is 3. The van der Waals surface area contributed by atoms with Crippen LogP contribution in [0.25, 0.3) is 10.9 Å². The van der Waals surface area contributed by atoms with E-state index in [-0.39, 0.29) is 6.42 Å². The first-order valence-corrected chi connectivity index (χ1v) is 14.1. The highest BCUT2D eigenvalue weighted by Crippen LogP contribution is 2.35. The van der Waals surface area contributed by atoms with Crippen LogP contribution in [0.2, 0.25) is 0 Å². The summed E-state index contributed by atoms with van der Waals surface area (Å²) in [5, 5.41) is 22.4. The van der Waals surface area contributed by atoms with Crippen molar-refractivity contribution in [3.05, 3.63) is 48.4 Å². The summed E-state index contributed by atoms with van der Waals surface area (Å²) >= 11 is 1.78. The summed E-state index contributed by atoms with van der Waals surface area (Å²) < 4.78 is 7.41. The lowest BCUT2D eigenvalue weighted by molar-refractivity contribution is -0.137. The second kappa shape index (κ2) is 13.3. The van der Waals surface area contributed by atoms with Crippen LogP contribution in [0, 0.1) is 11.8 Å².